The number of halogens is 1. The van der Waals surface area contributed by atoms with E-state index in [9.17, 15) is 8.42 Å². The van der Waals surface area contributed by atoms with Crippen LogP contribution in [0, 0.1) is 0 Å². The summed E-state index contributed by atoms with van der Waals surface area (Å²) in [5.74, 6) is 0.0584. The zero-order chi connectivity index (χ0) is 11.2. The summed E-state index contributed by atoms with van der Waals surface area (Å²) < 4.78 is 24.7. The van der Waals surface area contributed by atoms with Gasteiger partial charge in [0.15, 0.2) is 0 Å². The Bertz CT molecular complexity index is 241. The van der Waals surface area contributed by atoms with E-state index in [1.54, 1.807) is 0 Å². The summed E-state index contributed by atoms with van der Waals surface area (Å²) in [5, 5.41) is 8.65. The van der Waals surface area contributed by atoms with Crippen LogP contribution in [0.4, 0.5) is 0 Å². The van der Waals surface area contributed by atoms with E-state index in [1.807, 2.05) is 13.8 Å². The second-order valence-corrected chi connectivity index (χ2v) is 5.71. The first-order chi connectivity index (χ1) is 6.45. The summed E-state index contributed by atoms with van der Waals surface area (Å²) in [5.41, 5.74) is 0. The average Bonchev–Trinajstić information content (AvgIpc) is 2.03. The molecule has 0 saturated heterocycles. The summed E-state index contributed by atoms with van der Waals surface area (Å²) in [4.78, 5) is 0. The summed E-state index contributed by atoms with van der Waals surface area (Å²) in [6, 6.07) is -0.0882. The van der Waals surface area contributed by atoms with Crippen molar-refractivity contribution < 1.29 is 13.5 Å². The molecular weight excluding hydrogens is 226 g/mol. The SMILES string of the molecule is CC(C)N(CCCO)S(=O)(=O)CCCl. The molecule has 86 valence electrons. The molecule has 0 bridgehead atoms. The fourth-order valence-electron chi connectivity index (χ4n) is 1.16. The lowest BCUT2D eigenvalue weighted by molar-refractivity contribution is 0.258. The second kappa shape index (κ2) is 6.61. The Morgan fingerprint density at radius 2 is 2.00 bits per heavy atom. The number of nitrogens with zero attached hydrogens (tertiary/aromatic N) is 1. The van der Waals surface area contributed by atoms with Crippen LogP contribution in [-0.2, 0) is 10.0 Å². The minimum absolute atomic E-state index is 0.000382. The van der Waals surface area contributed by atoms with Crippen molar-refractivity contribution in [3.05, 3.63) is 0 Å². The first-order valence-electron chi connectivity index (χ1n) is 4.62. The van der Waals surface area contributed by atoms with Gasteiger partial charge in [-0.3, -0.25) is 0 Å². The lowest BCUT2D eigenvalue weighted by Gasteiger charge is -2.25. The van der Waals surface area contributed by atoms with Crippen molar-refractivity contribution in [1.82, 2.24) is 4.31 Å². The van der Waals surface area contributed by atoms with Crippen molar-refractivity contribution in [3.8, 4) is 0 Å². The highest BCUT2D eigenvalue weighted by Crippen LogP contribution is 2.08. The molecule has 0 rings (SSSR count). The van der Waals surface area contributed by atoms with Gasteiger partial charge in [0.1, 0.15) is 0 Å². The van der Waals surface area contributed by atoms with Crippen molar-refractivity contribution >= 4 is 21.6 Å². The van der Waals surface area contributed by atoms with E-state index in [0.717, 1.165) is 0 Å². The Kier molecular flexibility index (Phi) is 6.68. The molecule has 0 amide bonds. The predicted octanol–water partition coefficient (Wildman–Crippen LogP) is 0.648. The number of aliphatic hydroxyl groups excluding tert-OH is 1. The normalized spacial score (nSPS) is 12.7. The van der Waals surface area contributed by atoms with Crippen LogP contribution in [0.15, 0.2) is 0 Å². The molecular formula is C8H18ClNO3S. The van der Waals surface area contributed by atoms with Gasteiger partial charge in [0, 0.05) is 25.1 Å². The van der Waals surface area contributed by atoms with Crippen molar-refractivity contribution in [2.45, 2.75) is 26.3 Å². The van der Waals surface area contributed by atoms with Gasteiger partial charge in [0.2, 0.25) is 10.0 Å². The molecule has 0 atom stereocenters. The van der Waals surface area contributed by atoms with Gasteiger partial charge in [-0.1, -0.05) is 0 Å². The van der Waals surface area contributed by atoms with E-state index < -0.39 is 10.0 Å². The summed E-state index contributed by atoms with van der Waals surface area (Å²) in [7, 11) is -3.25. The molecule has 0 fully saturated rings. The number of aliphatic hydroxyl groups is 1. The van der Waals surface area contributed by atoms with Crippen molar-refractivity contribution in [3.63, 3.8) is 0 Å². The molecule has 0 aliphatic rings. The highest BCUT2D eigenvalue weighted by atomic mass is 35.5. The van der Waals surface area contributed by atoms with Gasteiger partial charge < -0.3 is 5.11 Å². The molecule has 6 heteroatoms. The number of alkyl halides is 1. The lowest BCUT2D eigenvalue weighted by Crippen LogP contribution is -2.39. The lowest BCUT2D eigenvalue weighted by atomic mass is 10.3. The highest BCUT2D eigenvalue weighted by Gasteiger charge is 2.23. The quantitative estimate of drug-likeness (QED) is 0.668. The highest BCUT2D eigenvalue weighted by molar-refractivity contribution is 7.89. The van der Waals surface area contributed by atoms with E-state index in [1.165, 1.54) is 4.31 Å². The first kappa shape index (κ1) is 14.2. The summed E-state index contributed by atoms with van der Waals surface area (Å²) in [6.45, 7) is 3.97. The fraction of sp³-hybridized carbons (Fsp3) is 1.00. The molecule has 0 heterocycles. The molecule has 0 aliphatic carbocycles. The number of rotatable bonds is 7. The third-order valence-electron chi connectivity index (χ3n) is 1.80. The fourth-order valence-corrected chi connectivity index (χ4v) is 3.22. The molecule has 4 nitrogen and oxygen atoms in total. The van der Waals surface area contributed by atoms with Gasteiger partial charge in [-0.05, 0) is 20.3 Å². The molecule has 0 aromatic rings. The second-order valence-electron chi connectivity index (χ2n) is 3.29. The van der Waals surface area contributed by atoms with Gasteiger partial charge in [0.25, 0.3) is 0 Å². The van der Waals surface area contributed by atoms with Gasteiger partial charge in [-0.2, -0.15) is 4.31 Å². The average molecular weight is 244 g/mol. The Morgan fingerprint density at radius 3 is 2.36 bits per heavy atom. The van der Waals surface area contributed by atoms with Crippen LogP contribution in [0.3, 0.4) is 0 Å². The van der Waals surface area contributed by atoms with Crippen molar-refractivity contribution in [1.29, 1.82) is 0 Å². The standard InChI is InChI=1S/C8H18ClNO3S/c1-8(2)10(5-3-6-11)14(12,13)7-4-9/h8,11H,3-7H2,1-2H3. The molecule has 0 saturated carbocycles. The van der Waals surface area contributed by atoms with Gasteiger partial charge >= 0.3 is 0 Å². The van der Waals surface area contributed by atoms with Crippen LogP contribution in [0.25, 0.3) is 0 Å². The Labute approximate surface area is 90.9 Å². The maximum atomic E-state index is 11.6. The van der Waals surface area contributed by atoms with Crippen LogP contribution in [-0.4, -0.2) is 48.7 Å². The van der Waals surface area contributed by atoms with Crippen molar-refractivity contribution in [2.24, 2.45) is 0 Å². The molecule has 14 heavy (non-hydrogen) atoms. The molecule has 0 spiro atoms. The van der Waals surface area contributed by atoms with E-state index in [-0.39, 0.29) is 24.3 Å². The Hall–Kier alpha value is 0.160. The number of sulfonamides is 1. The monoisotopic (exact) mass is 243 g/mol. The number of hydrogen-bond donors (Lipinski definition) is 1. The summed E-state index contributed by atoms with van der Waals surface area (Å²) >= 11 is 5.41. The zero-order valence-corrected chi connectivity index (χ0v) is 10.2. The molecule has 0 aromatic carbocycles. The van der Waals surface area contributed by atoms with Crippen LogP contribution in [0.2, 0.25) is 0 Å². The third kappa shape index (κ3) is 4.59. The molecule has 0 aromatic heterocycles. The minimum Gasteiger partial charge on any atom is -0.396 e. The smallest absolute Gasteiger partial charge is 0.215 e. The molecule has 0 unspecified atom stereocenters. The molecule has 0 radical (unpaired) electrons. The van der Waals surface area contributed by atoms with Gasteiger partial charge in [0.05, 0.1) is 5.75 Å². The topological polar surface area (TPSA) is 57.6 Å². The van der Waals surface area contributed by atoms with Crippen molar-refractivity contribution in [2.75, 3.05) is 24.8 Å². The predicted molar refractivity (Wildman–Crippen MR) is 58.1 cm³/mol. The van der Waals surface area contributed by atoms with E-state index in [0.29, 0.717) is 13.0 Å². The third-order valence-corrected chi connectivity index (χ3v) is 4.26. The number of hydrogen-bond acceptors (Lipinski definition) is 3. The van der Waals surface area contributed by atoms with Crippen LogP contribution < -0.4 is 0 Å². The Morgan fingerprint density at radius 1 is 1.43 bits per heavy atom. The maximum absolute atomic E-state index is 11.6. The van der Waals surface area contributed by atoms with Crippen LogP contribution in [0.1, 0.15) is 20.3 Å². The zero-order valence-electron chi connectivity index (χ0n) is 8.61. The Balaban J connectivity index is 4.48. The summed E-state index contributed by atoms with van der Waals surface area (Å²) in [6.07, 6.45) is 0.458. The van der Waals surface area contributed by atoms with Crippen LogP contribution >= 0.6 is 11.6 Å². The van der Waals surface area contributed by atoms with E-state index in [4.69, 9.17) is 16.7 Å². The first-order valence-corrected chi connectivity index (χ1v) is 6.76. The van der Waals surface area contributed by atoms with E-state index in [2.05, 4.69) is 0 Å². The van der Waals surface area contributed by atoms with Gasteiger partial charge in [-0.15, -0.1) is 11.6 Å². The minimum atomic E-state index is -3.25. The maximum Gasteiger partial charge on any atom is 0.215 e. The molecule has 1 N–H and O–H groups in total. The van der Waals surface area contributed by atoms with Gasteiger partial charge in [-0.25, -0.2) is 8.42 Å². The molecule has 0 aliphatic heterocycles. The van der Waals surface area contributed by atoms with E-state index >= 15 is 0 Å². The largest absolute Gasteiger partial charge is 0.396 e. The van der Waals surface area contributed by atoms with Crippen LogP contribution in [0.5, 0.6) is 0 Å².